The maximum absolute atomic E-state index is 12.2. The van der Waals surface area contributed by atoms with Crippen molar-refractivity contribution in [1.29, 1.82) is 0 Å². The van der Waals surface area contributed by atoms with Crippen LogP contribution >= 0.6 is 11.8 Å². The molecule has 0 spiro atoms. The molecule has 0 saturated carbocycles. The van der Waals surface area contributed by atoms with E-state index in [1.54, 1.807) is 6.26 Å². The molecule has 0 amide bonds. The average molecular weight is 196 g/mol. The lowest BCUT2D eigenvalue weighted by atomic mass is 10.4. The van der Waals surface area contributed by atoms with Crippen LogP contribution in [0.15, 0.2) is 11.1 Å². The fourth-order valence-corrected chi connectivity index (χ4v) is 1.42. The van der Waals surface area contributed by atoms with Crippen LogP contribution in [0.5, 0.6) is 0 Å². The number of hydrogen-bond donors (Lipinski definition) is 0. The second-order valence-electron chi connectivity index (χ2n) is 2.22. The van der Waals surface area contributed by atoms with Gasteiger partial charge in [0.05, 0.1) is 4.90 Å². The summed E-state index contributed by atoms with van der Waals surface area (Å²) in [5, 5.41) is 3.32. The molecule has 2 nitrogen and oxygen atoms in total. The summed E-state index contributed by atoms with van der Waals surface area (Å²) >= 11 is 1.04. The summed E-state index contributed by atoms with van der Waals surface area (Å²) in [6, 6.07) is 0. The van der Waals surface area contributed by atoms with Gasteiger partial charge in [0.25, 0.3) is 0 Å². The maximum Gasteiger partial charge on any atom is 0.436 e. The molecule has 1 rings (SSSR count). The van der Waals surface area contributed by atoms with Crippen molar-refractivity contribution in [3.63, 3.8) is 0 Å². The van der Waals surface area contributed by atoms with Crippen molar-refractivity contribution in [1.82, 2.24) is 9.78 Å². The number of alkyl halides is 3. The van der Waals surface area contributed by atoms with Crippen LogP contribution in [0.3, 0.4) is 0 Å². The van der Waals surface area contributed by atoms with Crippen molar-refractivity contribution in [2.45, 2.75) is 11.1 Å². The maximum atomic E-state index is 12.2. The first-order valence-electron chi connectivity index (χ1n) is 3.10. The second kappa shape index (κ2) is 3.01. The molecule has 0 atom stereocenters. The minimum Gasteiger partial charge on any atom is -0.274 e. The predicted octanol–water partition coefficient (Wildman–Crippen LogP) is 2.16. The number of thioether (sulfide) groups is 1. The molecule has 0 aromatic carbocycles. The Bertz CT molecular complexity index is 279. The molecule has 0 aliphatic heterocycles. The van der Waals surface area contributed by atoms with Gasteiger partial charge < -0.3 is 0 Å². The van der Waals surface area contributed by atoms with E-state index in [-0.39, 0.29) is 4.90 Å². The summed E-state index contributed by atoms with van der Waals surface area (Å²) in [6.07, 6.45) is -1.40. The Kier molecular flexibility index (Phi) is 2.36. The molecule has 0 aliphatic carbocycles. The highest BCUT2D eigenvalue weighted by molar-refractivity contribution is 7.98. The summed E-state index contributed by atoms with van der Waals surface area (Å²) in [7, 11) is 1.47. The summed E-state index contributed by atoms with van der Waals surface area (Å²) in [5.41, 5.74) is -0.808. The van der Waals surface area contributed by atoms with E-state index in [9.17, 15) is 13.2 Å². The van der Waals surface area contributed by atoms with Gasteiger partial charge in [-0.2, -0.15) is 18.3 Å². The molecule has 0 radical (unpaired) electrons. The minimum absolute atomic E-state index is 0.157. The Morgan fingerprint density at radius 3 is 2.42 bits per heavy atom. The van der Waals surface area contributed by atoms with Gasteiger partial charge >= 0.3 is 6.18 Å². The van der Waals surface area contributed by atoms with Gasteiger partial charge in [0.2, 0.25) is 0 Å². The zero-order valence-corrected chi connectivity index (χ0v) is 7.33. The summed E-state index contributed by atoms with van der Waals surface area (Å²) in [5.74, 6) is 0. The van der Waals surface area contributed by atoms with E-state index in [1.165, 1.54) is 13.2 Å². The van der Waals surface area contributed by atoms with Crippen molar-refractivity contribution in [3.8, 4) is 0 Å². The molecule has 0 bridgehead atoms. The summed E-state index contributed by atoms with van der Waals surface area (Å²) < 4.78 is 37.6. The molecule has 0 saturated heterocycles. The molecule has 0 aliphatic rings. The third-order valence-corrected chi connectivity index (χ3v) is 2.02. The molecule has 0 unspecified atom stereocenters. The molecule has 68 valence electrons. The highest BCUT2D eigenvalue weighted by atomic mass is 32.2. The van der Waals surface area contributed by atoms with Gasteiger partial charge in [0, 0.05) is 13.2 Å². The Hall–Kier alpha value is -0.650. The third kappa shape index (κ3) is 1.74. The van der Waals surface area contributed by atoms with Gasteiger partial charge in [-0.15, -0.1) is 11.8 Å². The normalized spacial score (nSPS) is 12.1. The fraction of sp³-hybridized carbons (Fsp3) is 0.500. The number of nitrogens with zero attached hydrogens (tertiary/aromatic N) is 2. The molecule has 6 heteroatoms. The summed E-state index contributed by atoms with van der Waals surface area (Å²) in [6.45, 7) is 0. The smallest absolute Gasteiger partial charge is 0.274 e. The van der Waals surface area contributed by atoms with Crippen LogP contribution in [0, 0.1) is 0 Å². The van der Waals surface area contributed by atoms with E-state index < -0.39 is 11.9 Å². The first kappa shape index (κ1) is 9.44. The predicted molar refractivity (Wildman–Crippen MR) is 40.0 cm³/mol. The lowest BCUT2D eigenvalue weighted by molar-refractivity contribution is -0.143. The number of aryl methyl sites for hydroxylation is 1. The highest BCUT2D eigenvalue weighted by Gasteiger charge is 2.36. The number of rotatable bonds is 1. The highest BCUT2D eigenvalue weighted by Crippen LogP contribution is 2.34. The monoisotopic (exact) mass is 196 g/mol. The molecule has 1 aromatic rings. The molecule has 1 heterocycles. The van der Waals surface area contributed by atoms with Crippen LogP contribution in [0.1, 0.15) is 5.69 Å². The van der Waals surface area contributed by atoms with Gasteiger partial charge in [-0.05, 0) is 6.26 Å². The van der Waals surface area contributed by atoms with E-state index in [0.29, 0.717) is 0 Å². The largest absolute Gasteiger partial charge is 0.436 e. The van der Waals surface area contributed by atoms with E-state index in [4.69, 9.17) is 0 Å². The van der Waals surface area contributed by atoms with Gasteiger partial charge in [0.1, 0.15) is 0 Å². The van der Waals surface area contributed by atoms with Gasteiger partial charge in [-0.25, -0.2) is 0 Å². The molecule has 1 aromatic heterocycles. The topological polar surface area (TPSA) is 17.8 Å². The fourth-order valence-electron chi connectivity index (χ4n) is 0.812. The molecule has 0 N–H and O–H groups in total. The van der Waals surface area contributed by atoms with Gasteiger partial charge in [-0.1, -0.05) is 0 Å². The van der Waals surface area contributed by atoms with Crippen LogP contribution in [0.4, 0.5) is 13.2 Å². The Balaban J connectivity index is 3.13. The third-order valence-electron chi connectivity index (χ3n) is 1.28. The standard InChI is InChI=1S/C6H7F3N2S/c1-11-3-4(12-2)5(10-11)6(7,8)9/h3H,1-2H3. The molecular formula is C6H7F3N2S. The van der Waals surface area contributed by atoms with Crippen molar-refractivity contribution in [2.24, 2.45) is 7.05 Å². The van der Waals surface area contributed by atoms with Crippen molar-refractivity contribution in [3.05, 3.63) is 11.9 Å². The van der Waals surface area contributed by atoms with Crippen LogP contribution in [0.2, 0.25) is 0 Å². The molecule has 12 heavy (non-hydrogen) atoms. The zero-order valence-electron chi connectivity index (χ0n) is 6.51. The first-order valence-corrected chi connectivity index (χ1v) is 4.32. The Labute approximate surface area is 71.8 Å². The van der Waals surface area contributed by atoms with Crippen molar-refractivity contribution < 1.29 is 13.2 Å². The SMILES string of the molecule is CSc1cn(C)nc1C(F)(F)F. The zero-order chi connectivity index (χ0) is 9.35. The van der Waals surface area contributed by atoms with Crippen LogP contribution in [0.25, 0.3) is 0 Å². The van der Waals surface area contributed by atoms with Crippen LogP contribution < -0.4 is 0 Å². The number of aromatic nitrogens is 2. The average Bonchev–Trinajstić information content (AvgIpc) is 2.29. The van der Waals surface area contributed by atoms with Gasteiger partial charge in [-0.3, -0.25) is 4.68 Å². The lowest BCUT2D eigenvalue weighted by Crippen LogP contribution is -2.07. The molecular weight excluding hydrogens is 189 g/mol. The second-order valence-corrected chi connectivity index (χ2v) is 3.07. The van der Waals surface area contributed by atoms with E-state index in [0.717, 1.165) is 16.4 Å². The van der Waals surface area contributed by atoms with Crippen LogP contribution in [-0.2, 0) is 13.2 Å². The van der Waals surface area contributed by atoms with Crippen LogP contribution in [-0.4, -0.2) is 16.0 Å². The van der Waals surface area contributed by atoms with E-state index in [1.807, 2.05) is 0 Å². The van der Waals surface area contributed by atoms with E-state index in [2.05, 4.69) is 5.10 Å². The number of hydrogen-bond acceptors (Lipinski definition) is 2. The van der Waals surface area contributed by atoms with Crippen molar-refractivity contribution in [2.75, 3.05) is 6.26 Å². The molecule has 0 fully saturated rings. The Morgan fingerprint density at radius 2 is 2.08 bits per heavy atom. The lowest BCUT2D eigenvalue weighted by Gasteiger charge is -2.02. The number of halogens is 3. The van der Waals surface area contributed by atoms with E-state index >= 15 is 0 Å². The van der Waals surface area contributed by atoms with Crippen molar-refractivity contribution >= 4 is 11.8 Å². The van der Waals surface area contributed by atoms with Gasteiger partial charge in [0.15, 0.2) is 5.69 Å². The Morgan fingerprint density at radius 1 is 1.50 bits per heavy atom. The quantitative estimate of drug-likeness (QED) is 0.640. The first-order chi connectivity index (χ1) is 5.45. The minimum atomic E-state index is -4.35. The summed E-state index contributed by atoms with van der Waals surface area (Å²) in [4.78, 5) is 0.157.